The van der Waals surface area contributed by atoms with Crippen LogP contribution in [0, 0.1) is 20.8 Å². The minimum Gasteiger partial charge on any atom is -0.507 e. The van der Waals surface area contributed by atoms with Crippen molar-refractivity contribution < 1.29 is 5.11 Å². The second-order valence-corrected chi connectivity index (χ2v) is 6.13. The van der Waals surface area contributed by atoms with Crippen molar-refractivity contribution in [3.63, 3.8) is 0 Å². The van der Waals surface area contributed by atoms with Crippen molar-refractivity contribution in [3.05, 3.63) is 46.8 Å². The summed E-state index contributed by atoms with van der Waals surface area (Å²) in [5.41, 5.74) is 5.00. The smallest absolute Gasteiger partial charge is 0.184 e. The largest absolute Gasteiger partial charge is 0.507 e. The second-order valence-electron chi connectivity index (χ2n) is 5.13. The number of hydrogen-bond donors (Lipinski definition) is 2. The molecular formula is C16H17N3OS. The van der Waals surface area contributed by atoms with Gasteiger partial charge in [-0.3, -0.25) is 4.98 Å². The van der Waals surface area contributed by atoms with Gasteiger partial charge in [0, 0.05) is 24.5 Å². The van der Waals surface area contributed by atoms with Crippen LogP contribution in [0.3, 0.4) is 0 Å². The molecule has 0 fully saturated rings. The summed E-state index contributed by atoms with van der Waals surface area (Å²) >= 11 is 1.58. The highest BCUT2D eigenvalue weighted by Crippen LogP contribution is 2.38. The molecule has 0 saturated heterocycles. The van der Waals surface area contributed by atoms with Crippen molar-refractivity contribution in [3.8, 4) is 5.75 Å². The van der Waals surface area contributed by atoms with E-state index in [0.29, 0.717) is 12.3 Å². The third-order valence-electron chi connectivity index (χ3n) is 3.79. The molecule has 0 aliphatic carbocycles. The van der Waals surface area contributed by atoms with E-state index in [4.69, 9.17) is 0 Å². The van der Waals surface area contributed by atoms with Crippen LogP contribution in [0.15, 0.2) is 24.5 Å². The molecule has 3 aromatic rings. The van der Waals surface area contributed by atoms with Gasteiger partial charge in [-0.05, 0) is 49.6 Å². The summed E-state index contributed by atoms with van der Waals surface area (Å²) < 4.78 is 1.05. The lowest BCUT2D eigenvalue weighted by atomic mass is 10.0. The molecule has 3 rings (SSSR count). The number of fused-ring (bicyclic) bond motifs is 1. The number of aromatic nitrogens is 2. The minimum absolute atomic E-state index is 0.379. The first kappa shape index (κ1) is 13.8. The molecule has 0 amide bonds. The Bertz CT molecular complexity index is 751. The highest BCUT2D eigenvalue weighted by molar-refractivity contribution is 7.22. The average Bonchev–Trinajstić information content (AvgIpc) is 2.94. The van der Waals surface area contributed by atoms with Gasteiger partial charge in [-0.15, -0.1) is 0 Å². The van der Waals surface area contributed by atoms with E-state index >= 15 is 0 Å². The Labute approximate surface area is 127 Å². The first-order chi connectivity index (χ1) is 10.1. The van der Waals surface area contributed by atoms with Gasteiger partial charge in [-0.2, -0.15) is 0 Å². The van der Waals surface area contributed by atoms with Gasteiger partial charge >= 0.3 is 0 Å². The van der Waals surface area contributed by atoms with Gasteiger partial charge in [0.2, 0.25) is 0 Å². The van der Waals surface area contributed by atoms with Gasteiger partial charge in [0.25, 0.3) is 0 Å². The Morgan fingerprint density at radius 2 is 1.81 bits per heavy atom. The number of thiazole rings is 1. The van der Waals surface area contributed by atoms with E-state index in [1.54, 1.807) is 23.7 Å². The van der Waals surface area contributed by atoms with E-state index in [0.717, 1.165) is 37.6 Å². The molecule has 0 spiro atoms. The van der Waals surface area contributed by atoms with Crippen LogP contribution in [0.4, 0.5) is 5.13 Å². The number of hydrogen-bond acceptors (Lipinski definition) is 5. The Morgan fingerprint density at radius 1 is 1.10 bits per heavy atom. The van der Waals surface area contributed by atoms with Gasteiger partial charge in [-0.25, -0.2) is 4.98 Å². The SMILES string of the molecule is Cc1c(O)c(C)c2sc(NCc3ccncc3)nc2c1C. The Balaban J connectivity index is 1.95. The molecule has 1 aromatic carbocycles. The number of anilines is 1. The molecule has 0 radical (unpaired) electrons. The van der Waals surface area contributed by atoms with Gasteiger partial charge < -0.3 is 10.4 Å². The summed E-state index contributed by atoms with van der Waals surface area (Å²) in [4.78, 5) is 8.68. The van der Waals surface area contributed by atoms with E-state index < -0.39 is 0 Å². The number of benzene rings is 1. The quantitative estimate of drug-likeness (QED) is 0.769. The van der Waals surface area contributed by atoms with Crippen molar-refractivity contribution in [2.75, 3.05) is 5.32 Å². The molecule has 108 valence electrons. The molecule has 0 saturated carbocycles. The van der Waals surface area contributed by atoms with Crippen LogP contribution in [-0.2, 0) is 6.54 Å². The van der Waals surface area contributed by atoms with Gasteiger partial charge in [0.1, 0.15) is 5.75 Å². The first-order valence-corrected chi connectivity index (χ1v) is 7.61. The Hall–Kier alpha value is -2.14. The van der Waals surface area contributed by atoms with Crippen LogP contribution in [0.5, 0.6) is 5.75 Å². The second kappa shape index (κ2) is 5.33. The third-order valence-corrected chi connectivity index (χ3v) is 4.92. The number of rotatable bonds is 3. The van der Waals surface area contributed by atoms with Crippen molar-refractivity contribution in [1.82, 2.24) is 9.97 Å². The lowest BCUT2D eigenvalue weighted by Crippen LogP contribution is -1.98. The fourth-order valence-corrected chi connectivity index (χ4v) is 3.35. The first-order valence-electron chi connectivity index (χ1n) is 6.80. The number of aryl methyl sites for hydroxylation is 2. The van der Waals surface area contributed by atoms with Crippen LogP contribution in [0.2, 0.25) is 0 Å². The maximum absolute atomic E-state index is 10.2. The summed E-state index contributed by atoms with van der Waals surface area (Å²) in [6, 6.07) is 3.96. The zero-order valence-electron chi connectivity index (χ0n) is 12.3. The average molecular weight is 299 g/mol. The molecule has 0 unspecified atom stereocenters. The number of nitrogens with one attached hydrogen (secondary N) is 1. The number of aromatic hydroxyl groups is 1. The summed E-state index contributed by atoms with van der Waals surface area (Å²) in [6.07, 6.45) is 3.57. The van der Waals surface area contributed by atoms with Crippen LogP contribution in [0.1, 0.15) is 22.3 Å². The van der Waals surface area contributed by atoms with E-state index in [-0.39, 0.29) is 0 Å². The standard InChI is InChI=1S/C16H17N3OS/c1-9-10(2)14(20)11(3)15-13(9)19-16(21-15)18-8-12-4-6-17-7-5-12/h4-7,20H,8H2,1-3H3,(H,18,19). The van der Waals surface area contributed by atoms with E-state index in [1.807, 2.05) is 32.9 Å². The van der Waals surface area contributed by atoms with Crippen molar-refractivity contribution in [2.24, 2.45) is 0 Å². The Morgan fingerprint density at radius 3 is 2.52 bits per heavy atom. The normalized spacial score (nSPS) is 11.0. The maximum atomic E-state index is 10.2. The van der Waals surface area contributed by atoms with Crippen molar-refractivity contribution >= 4 is 26.7 Å². The number of phenols is 1. The zero-order chi connectivity index (χ0) is 15.0. The monoisotopic (exact) mass is 299 g/mol. The topological polar surface area (TPSA) is 58.0 Å². The fourth-order valence-electron chi connectivity index (χ4n) is 2.33. The molecule has 2 aromatic heterocycles. The summed E-state index contributed by atoms with van der Waals surface area (Å²) in [6.45, 7) is 6.59. The lowest BCUT2D eigenvalue weighted by Gasteiger charge is -2.07. The molecule has 0 bridgehead atoms. The number of phenolic OH excluding ortho intramolecular Hbond substituents is 1. The summed E-state index contributed by atoms with van der Waals surface area (Å²) in [7, 11) is 0. The van der Waals surface area contributed by atoms with E-state index in [1.165, 1.54) is 0 Å². The lowest BCUT2D eigenvalue weighted by molar-refractivity contribution is 0.467. The number of nitrogens with zero attached hydrogens (tertiary/aromatic N) is 2. The highest BCUT2D eigenvalue weighted by Gasteiger charge is 2.15. The highest BCUT2D eigenvalue weighted by atomic mass is 32.1. The predicted molar refractivity (Wildman–Crippen MR) is 87.1 cm³/mol. The van der Waals surface area contributed by atoms with Crippen LogP contribution >= 0.6 is 11.3 Å². The molecule has 0 atom stereocenters. The molecule has 4 nitrogen and oxygen atoms in total. The third kappa shape index (κ3) is 2.45. The molecular weight excluding hydrogens is 282 g/mol. The molecule has 2 N–H and O–H groups in total. The number of pyridine rings is 1. The Kier molecular flexibility index (Phi) is 3.51. The van der Waals surface area contributed by atoms with Crippen LogP contribution in [-0.4, -0.2) is 15.1 Å². The summed E-state index contributed by atoms with van der Waals surface area (Å²) in [5.74, 6) is 0.379. The van der Waals surface area contributed by atoms with Crippen LogP contribution < -0.4 is 5.32 Å². The molecule has 2 heterocycles. The van der Waals surface area contributed by atoms with E-state index in [9.17, 15) is 5.11 Å². The zero-order valence-corrected chi connectivity index (χ0v) is 13.1. The fraction of sp³-hybridized carbons (Fsp3) is 0.250. The molecule has 5 heteroatoms. The van der Waals surface area contributed by atoms with Gasteiger partial charge in [0.05, 0.1) is 10.2 Å². The maximum Gasteiger partial charge on any atom is 0.184 e. The molecule has 0 aliphatic heterocycles. The predicted octanol–water partition coefficient (Wildman–Crippen LogP) is 3.93. The molecule has 21 heavy (non-hydrogen) atoms. The van der Waals surface area contributed by atoms with E-state index in [2.05, 4.69) is 15.3 Å². The van der Waals surface area contributed by atoms with Gasteiger partial charge in [0.15, 0.2) is 5.13 Å². The minimum atomic E-state index is 0.379. The molecule has 0 aliphatic rings. The van der Waals surface area contributed by atoms with Gasteiger partial charge in [-0.1, -0.05) is 11.3 Å². The van der Waals surface area contributed by atoms with Crippen LogP contribution in [0.25, 0.3) is 10.2 Å². The van der Waals surface area contributed by atoms with Crippen molar-refractivity contribution in [2.45, 2.75) is 27.3 Å². The van der Waals surface area contributed by atoms with Crippen molar-refractivity contribution in [1.29, 1.82) is 0 Å². The summed E-state index contributed by atoms with van der Waals surface area (Å²) in [5, 5.41) is 14.4.